The predicted molar refractivity (Wildman–Crippen MR) is 132 cm³/mol. The van der Waals surface area contributed by atoms with Crippen molar-refractivity contribution in [2.75, 3.05) is 0 Å². The molecule has 7 nitrogen and oxygen atoms in total. The first-order valence-corrected chi connectivity index (χ1v) is 11.0. The number of carboxylic acids is 1. The molecule has 168 valence electrons. The smallest absolute Gasteiger partial charge is 0.335 e. The molecule has 1 N–H and O–H groups in total. The Labute approximate surface area is 207 Å². The molecule has 0 bridgehead atoms. The highest BCUT2D eigenvalue weighted by Crippen LogP contribution is 2.31. The van der Waals surface area contributed by atoms with Crippen LogP contribution in [0.3, 0.4) is 0 Å². The van der Waals surface area contributed by atoms with E-state index in [0.717, 1.165) is 0 Å². The molecule has 5 aromatic rings. The Hall–Kier alpha value is -3.65. The Morgan fingerprint density at radius 3 is 2.15 bits per heavy atom. The third-order valence-electron chi connectivity index (χ3n) is 5.22. The van der Waals surface area contributed by atoms with Gasteiger partial charge in [-0.1, -0.05) is 34.8 Å². The van der Waals surface area contributed by atoms with Gasteiger partial charge in [0.2, 0.25) is 0 Å². The molecule has 2 aromatic heterocycles. The van der Waals surface area contributed by atoms with Gasteiger partial charge in [-0.3, -0.25) is 13.9 Å². The maximum atomic E-state index is 13.6. The van der Waals surface area contributed by atoms with Crippen molar-refractivity contribution >= 4 is 51.9 Å². The predicted octanol–water partition coefficient (Wildman–Crippen LogP) is 5.90. The summed E-state index contributed by atoms with van der Waals surface area (Å²) < 4.78 is 3.03. The Kier molecular flexibility index (Phi) is 5.61. The fourth-order valence-corrected chi connectivity index (χ4v) is 4.21. The van der Waals surface area contributed by atoms with E-state index in [1.54, 1.807) is 59.2 Å². The first-order valence-electron chi connectivity index (χ1n) is 9.88. The van der Waals surface area contributed by atoms with Gasteiger partial charge in [0.15, 0.2) is 17.0 Å². The van der Waals surface area contributed by atoms with E-state index in [4.69, 9.17) is 39.8 Å². The zero-order valence-electron chi connectivity index (χ0n) is 17.1. The molecule has 0 atom stereocenters. The van der Waals surface area contributed by atoms with Crippen molar-refractivity contribution in [1.29, 1.82) is 0 Å². The molecule has 34 heavy (non-hydrogen) atoms. The Morgan fingerprint density at radius 2 is 1.50 bits per heavy atom. The van der Waals surface area contributed by atoms with E-state index in [1.165, 1.54) is 23.0 Å². The third-order valence-corrected chi connectivity index (χ3v) is 6.02. The standard InChI is InChI=1S/C24H13Cl3N4O3/c25-14-3-8-17(9-4-14)31-21(18-10-5-15(26)11-19(18)27)29-22-20(23(31)32)28-12-30(22)16-6-1-13(2-7-16)24(33)34/h1-12H,(H,33,34). The molecule has 0 radical (unpaired) electrons. The fraction of sp³-hybridized carbons (Fsp3) is 0. The topological polar surface area (TPSA) is 90.0 Å². The van der Waals surface area contributed by atoms with Crippen molar-refractivity contribution in [3.05, 3.63) is 104 Å². The van der Waals surface area contributed by atoms with Crippen LogP contribution in [0.15, 0.2) is 77.9 Å². The lowest BCUT2D eigenvalue weighted by molar-refractivity contribution is 0.0697. The van der Waals surface area contributed by atoms with Crippen LogP contribution in [0.2, 0.25) is 15.1 Å². The maximum Gasteiger partial charge on any atom is 0.335 e. The van der Waals surface area contributed by atoms with E-state index in [2.05, 4.69) is 4.98 Å². The summed E-state index contributed by atoms with van der Waals surface area (Å²) in [6.07, 6.45) is 1.47. The summed E-state index contributed by atoms with van der Waals surface area (Å²) in [6, 6.07) is 17.8. The van der Waals surface area contributed by atoms with Crippen LogP contribution in [-0.2, 0) is 0 Å². The van der Waals surface area contributed by atoms with Gasteiger partial charge < -0.3 is 5.11 Å². The monoisotopic (exact) mass is 510 g/mol. The number of rotatable bonds is 4. The van der Waals surface area contributed by atoms with Gasteiger partial charge in [-0.05, 0) is 66.7 Å². The van der Waals surface area contributed by atoms with Crippen molar-refractivity contribution < 1.29 is 9.90 Å². The van der Waals surface area contributed by atoms with Gasteiger partial charge in [-0.25, -0.2) is 14.8 Å². The minimum atomic E-state index is -1.04. The second-order valence-corrected chi connectivity index (χ2v) is 8.60. The minimum Gasteiger partial charge on any atom is -0.478 e. The summed E-state index contributed by atoms with van der Waals surface area (Å²) in [6.45, 7) is 0. The fourth-order valence-electron chi connectivity index (χ4n) is 3.59. The van der Waals surface area contributed by atoms with Crippen molar-refractivity contribution in [2.24, 2.45) is 0 Å². The van der Waals surface area contributed by atoms with Gasteiger partial charge in [0.05, 0.1) is 16.3 Å². The van der Waals surface area contributed by atoms with E-state index in [-0.39, 0.29) is 16.9 Å². The van der Waals surface area contributed by atoms with Gasteiger partial charge in [0, 0.05) is 21.3 Å². The first kappa shape index (κ1) is 22.2. The van der Waals surface area contributed by atoms with E-state index in [9.17, 15) is 14.7 Å². The molecule has 5 rings (SSSR count). The molecule has 0 spiro atoms. The van der Waals surface area contributed by atoms with Crippen LogP contribution < -0.4 is 5.56 Å². The third kappa shape index (κ3) is 3.84. The van der Waals surface area contributed by atoms with Crippen LogP contribution in [0.25, 0.3) is 33.9 Å². The quantitative estimate of drug-likeness (QED) is 0.325. The highest BCUT2D eigenvalue weighted by Gasteiger charge is 2.20. The van der Waals surface area contributed by atoms with Crippen molar-refractivity contribution in [3.63, 3.8) is 0 Å². The lowest BCUT2D eigenvalue weighted by Crippen LogP contribution is -2.22. The van der Waals surface area contributed by atoms with Gasteiger partial charge >= 0.3 is 5.97 Å². The van der Waals surface area contributed by atoms with Crippen LogP contribution in [0, 0.1) is 0 Å². The summed E-state index contributed by atoms with van der Waals surface area (Å²) in [5, 5.41) is 10.5. The zero-order chi connectivity index (χ0) is 24.0. The van der Waals surface area contributed by atoms with Crippen molar-refractivity contribution in [3.8, 4) is 22.8 Å². The summed E-state index contributed by atoms with van der Waals surface area (Å²) in [5.74, 6) is -0.754. The molecular weight excluding hydrogens is 499 g/mol. The summed E-state index contributed by atoms with van der Waals surface area (Å²) in [7, 11) is 0. The zero-order valence-corrected chi connectivity index (χ0v) is 19.4. The van der Waals surface area contributed by atoms with Crippen LogP contribution in [0.4, 0.5) is 0 Å². The molecular formula is C24H13Cl3N4O3. The highest BCUT2D eigenvalue weighted by atomic mass is 35.5. The molecule has 0 fully saturated rings. The number of nitrogens with zero attached hydrogens (tertiary/aromatic N) is 4. The van der Waals surface area contributed by atoms with Gasteiger partial charge in [0.1, 0.15) is 6.33 Å². The van der Waals surface area contributed by atoms with Crippen LogP contribution in [-0.4, -0.2) is 30.2 Å². The molecule has 0 aliphatic carbocycles. The molecule has 3 aromatic carbocycles. The highest BCUT2D eigenvalue weighted by molar-refractivity contribution is 6.36. The molecule has 0 aliphatic heterocycles. The van der Waals surface area contributed by atoms with Crippen molar-refractivity contribution in [1.82, 2.24) is 19.1 Å². The molecule has 0 saturated carbocycles. The van der Waals surface area contributed by atoms with E-state index in [0.29, 0.717) is 37.7 Å². The van der Waals surface area contributed by atoms with Crippen LogP contribution in [0.5, 0.6) is 0 Å². The SMILES string of the molecule is O=C(O)c1ccc(-n2cnc3c(=O)n(-c4ccc(Cl)cc4)c(-c4ccc(Cl)cc4Cl)nc32)cc1. The van der Waals surface area contributed by atoms with E-state index < -0.39 is 11.5 Å². The second kappa shape index (κ2) is 8.61. The van der Waals surface area contributed by atoms with E-state index >= 15 is 0 Å². The number of fused-ring (bicyclic) bond motifs is 1. The number of imidazole rings is 1. The maximum absolute atomic E-state index is 13.6. The number of hydrogen-bond acceptors (Lipinski definition) is 4. The number of carbonyl (C=O) groups is 1. The largest absolute Gasteiger partial charge is 0.478 e. The molecule has 10 heteroatoms. The molecule has 0 amide bonds. The van der Waals surface area contributed by atoms with Gasteiger partial charge in [-0.15, -0.1) is 0 Å². The Bertz CT molecular complexity index is 1630. The number of benzene rings is 3. The average Bonchev–Trinajstić information content (AvgIpc) is 3.24. The summed E-state index contributed by atoms with van der Waals surface area (Å²) in [5.41, 5.74) is 1.77. The first-order chi connectivity index (χ1) is 16.3. The molecule has 0 aliphatic rings. The summed E-state index contributed by atoms with van der Waals surface area (Å²) >= 11 is 18.6. The normalized spacial score (nSPS) is 11.1. The summed E-state index contributed by atoms with van der Waals surface area (Å²) in [4.78, 5) is 33.9. The Balaban J connectivity index is 1.81. The minimum absolute atomic E-state index is 0.131. The second-order valence-electron chi connectivity index (χ2n) is 7.32. The molecule has 0 saturated heterocycles. The lowest BCUT2D eigenvalue weighted by atomic mass is 10.2. The number of halogens is 3. The van der Waals surface area contributed by atoms with E-state index in [1.807, 2.05) is 0 Å². The number of aromatic nitrogens is 4. The van der Waals surface area contributed by atoms with Crippen LogP contribution >= 0.6 is 34.8 Å². The number of aromatic carboxylic acids is 1. The lowest BCUT2D eigenvalue weighted by Gasteiger charge is -2.14. The van der Waals surface area contributed by atoms with Crippen molar-refractivity contribution in [2.45, 2.75) is 0 Å². The van der Waals surface area contributed by atoms with Gasteiger partial charge in [-0.2, -0.15) is 0 Å². The number of hydrogen-bond donors (Lipinski definition) is 1. The Morgan fingerprint density at radius 1 is 0.853 bits per heavy atom. The molecule has 2 heterocycles. The number of carboxylic acid groups (broad SMARTS) is 1. The molecule has 0 unspecified atom stereocenters. The van der Waals surface area contributed by atoms with Crippen LogP contribution in [0.1, 0.15) is 10.4 Å². The average molecular weight is 512 g/mol. The van der Waals surface area contributed by atoms with Gasteiger partial charge in [0.25, 0.3) is 5.56 Å².